The van der Waals surface area contributed by atoms with Gasteiger partial charge in [0.1, 0.15) is 11.9 Å². The van der Waals surface area contributed by atoms with E-state index < -0.39 is 16.1 Å². The lowest BCUT2D eigenvalue weighted by Crippen LogP contribution is -2.49. The number of piperidine rings is 1. The number of carbonyl (C=O) groups excluding carboxylic acids is 1. The Kier molecular flexibility index (Phi) is 3.83. The summed E-state index contributed by atoms with van der Waals surface area (Å²) in [5.74, 6) is 0.132. The minimum Gasteiger partial charge on any atom is -0.309 e. The molecule has 3 heterocycles. The molecule has 0 bridgehead atoms. The molecule has 1 atom stereocenters. The van der Waals surface area contributed by atoms with Crippen LogP contribution in [0.3, 0.4) is 0 Å². The zero-order valence-electron chi connectivity index (χ0n) is 12.1. The average Bonchev–Trinajstić information content (AvgIpc) is 2.96. The van der Waals surface area contributed by atoms with Crippen LogP contribution in [0.25, 0.3) is 5.65 Å². The van der Waals surface area contributed by atoms with Gasteiger partial charge in [0, 0.05) is 18.8 Å². The average molecular weight is 323 g/mol. The van der Waals surface area contributed by atoms with Crippen LogP contribution in [0.2, 0.25) is 0 Å². The maximum atomic E-state index is 12.5. The molecule has 118 valence electrons. The maximum absolute atomic E-state index is 12.5. The number of sulfonamides is 1. The molecule has 8 nitrogen and oxygen atoms in total. The third-order valence-corrected chi connectivity index (χ3v) is 5.01. The van der Waals surface area contributed by atoms with Crippen LogP contribution in [0, 0.1) is 0 Å². The lowest BCUT2D eigenvalue weighted by Gasteiger charge is -2.32. The molecule has 1 aliphatic heterocycles. The van der Waals surface area contributed by atoms with Gasteiger partial charge < -0.3 is 5.32 Å². The number of hydrogen-bond acceptors (Lipinski definition) is 5. The van der Waals surface area contributed by atoms with Crippen molar-refractivity contribution in [1.29, 1.82) is 0 Å². The number of carbonyl (C=O) groups is 1. The summed E-state index contributed by atoms with van der Waals surface area (Å²) in [6.45, 7) is 0.379. The number of hydrogen-bond donors (Lipinski definition) is 1. The van der Waals surface area contributed by atoms with Crippen LogP contribution in [0.15, 0.2) is 24.5 Å². The number of aromatic nitrogens is 3. The van der Waals surface area contributed by atoms with Gasteiger partial charge in [-0.2, -0.15) is 13.9 Å². The fourth-order valence-corrected chi connectivity index (χ4v) is 3.83. The first-order chi connectivity index (χ1) is 10.5. The summed E-state index contributed by atoms with van der Waals surface area (Å²) in [7, 11) is -3.41. The number of fused-ring (bicyclic) bond motifs is 1. The highest BCUT2D eigenvalue weighted by Crippen LogP contribution is 2.21. The third kappa shape index (κ3) is 2.81. The van der Waals surface area contributed by atoms with E-state index in [1.54, 1.807) is 24.5 Å². The Morgan fingerprint density at radius 2 is 2.14 bits per heavy atom. The maximum Gasteiger partial charge on any atom is 0.243 e. The van der Waals surface area contributed by atoms with E-state index in [2.05, 4.69) is 15.4 Å². The van der Waals surface area contributed by atoms with Crippen LogP contribution in [-0.2, 0) is 14.8 Å². The highest BCUT2D eigenvalue weighted by atomic mass is 32.2. The number of nitrogens with zero attached hydrogens (tertiary/aromatic N) is 4. The van der Waals surface area contributed by atoms with Crippen molar-refractivity contribution in [2.75, 3.05) is 18.1 Å². The summed E-state index contributed by atoms with van der Waals surface area (Å²) in [5.41, 5.74) is 0.612. The molecule has 0 radical (unpaired) electrons. The van der Waals surface area contributed by atoms with Crippen molar-refractivity contribution < 1.29 is 13.2 Å². The van der Waals surface area contributed by atoms with Gasteiger partial charge in [0.25, 0.3) is 0 Å². The Morgan fingerprint density at radius 3 is 2.91 bits per heavy atom. The summed E-state index contributed by atoms with van der Waals surface area (Å²) in [6, 6.07) is 2.67. The number of nitrogens with one attached hydrogen (secondary N) is 1. The monoisotopic (exact) mass is 323 g/mol. The van der Waals surface area contributed by atoms with Crippen LogP contribution in [-0.4, -0.2) is 52.1 Å². The van der Waals surface area contributed by atoms with Crippen molar-refractivity contribution in [2.45, 2.75) is 25.3 Å². The van der Waals surface area contributed by atoms with Crippen molar-refractivity contribution in [1.82, 2.24) is 18.9 Å². The second kappa shape index (κ2) is 5.65. The van der Waals surface area contributed by atoms with Gasteiger partial charge in [-0.05, 0) is 18.9 Å². The molecule has 0 spiro atoms. The SMILES string of the molecule is CS(=O)(=O)N1CCCC[C@@H]1C(=O)Nc1ccnc2ccnn12. The topological polar surface area (TPSA) is 96.7 Å². The van der Waals surface area contributed by atoms with Crippen LogP contribution in [0.1, 0.15) is 19.3 Å². The third-order valence-electron chi connectivity index (χ3n) is 3.72. The van der Waals surface area contributed by atoms with Crippen LogP contribution >= 0.6 is 0 Å². The van der Waals surface area contributed by atoms with E-state index in [1.165, 1.54) is 8.82 Å². The highest BCUT2D eigenvalue weighted by molar-refractivity contribution is 7.88. The molecule has 1 saturated heterocycles. The van der Waals surface area contributed by atoms with E-state index in [9.17, 15) is 13.2 Å². The Morgan fingerprint density at radius 1 is 1.32 bits per heavy atom. The van der Waals surface area contributed by atoms with Crippen molar-refractivity contribution in [2.24, 2.45) is 0 Å². The first kappa shape index (κ1) is 14.9. The molecule has 1 amide bonds. The Labute approximate surface area is 128 Å². The lowest BCUT2D eigenvalue weighted by atomic mass is 10.0. The zero-order valence-corrected chi connectivity index (χ0v) is 13.0. The Bertz CT molecular complexity index is 801. The minimum absolute atomic E-state index is 0.340. The molecule has 1 aliphatic rings. The highest BCUT2D eigenvalue weighted by Gasteiger charge is 2.34. The molecular formula is C13H17N5O3S. The molecule has 2 aromatic rings. The van der Waals surface area contributed by atoms with E-state index in [-0.39, 0.29) is 5.91 Å². The van der Waals surface area contributed by atoms with Gasteiger partial charge in [0.2, 0.25) is 15.9 Å². The number of amides is 1. The standard InChI is InChI=1S/C13H17N5O3S/c1-22(20,21)17-9-3-2-4-10(17)13(19)16-12-5-7-14-11-6-8-15-18(11)12/h5-8,10H,2-4,9H2,1H3,(H,16,19)/t10-/m1/s1. The fraction of sp³-hybridized carbons (Fsp3) is 0.462. The quantitative estimate of drug-likeness (QED) is 0.886. The molecule has 1 N–H and O–H groups in total. The van der Waals surface area contributed by atoms with Gasteiger partial charge in [-0.3, -0.25) is 4.79 Å². The van der Waals surface area contributed by atoms with Gasteiger partial charge in [-0.1, -0.05) is 6.42 Å². The van der Waals surface area contributed by atoms with Crippen LogP contribution in [0.4, 0.5) is 5.82 Å². The smallest absolute Gasteiger partial charge is 0.243 e. The van der Waals surface area contributed by atoms with Gasteiger partial charge in [-0.15, -0.1) is 0 Å². The molecule has 0 aliphatic carbocycles. The van der Waals surface area contributed by atoms with E-state index >= 15 is 0 Å². The summed E-state index contributed by atoms with van der Waals surface area (Å²) in [4.78, 5) is 16.6. The summed E-state index contributed by atoms with van der Waals surface area (Å²) in [5, 5.41) is 6.85. The van der Waals surface area contributed by atoms with Crippen molar-refractivity contribution >= 4 is 27.4 Å². The van der Waals surface area contributed by atoms with Crippen LogP contribution in [0.5, 0.6) is 0 Å². The number of anilines is 1. The molecule has 1 fully saturated rings. The van der Waals surface area contributed by atoms with Gasteiger partial charge in [-0.25, -0.2) is 13.4 Å². The van der Waals surface area contributed by atoms with Gasteiger partial charge >= 0.3 is 0 Å². The predicted molar refractivity (Wildman–Crippen MR) is 80.8 cm³/mol. The normalized spacial score (nSPS) is 20.1. The van der Waals surface area contributed by atoms with E-state index in [0.29, 0.717) is 24.4 Å². The second-order valence-corrected chi connectivity index (χ2v) is 7.24. The molecular weight excluding hydrogens is 306 g/mol. The van der Waals surface area contributed by atoms with Crippen molar-refractivity contribution in [3.05, 3.63) is 24.5 Å². The molecule has 0 unspecified atom stereocenters. The molecule has 3 rings (SSSR count). The van der Waals surface area contributed by atoms with Gasteiger partial charge in [0.05, 0.1) is 12.5 Å². The minimum atomic E-state index is -3.41. The largest absolute Gasteiger partial charge is 0.309 e. The molecule has 9 heteroatoms. The van der Waals surface area contributed by atoms with Crippen LogP contribution < -0.4 is 5.32 Å². The second-order valence-electron chi connectivity index (χ2n) is 5.31. The zero-order chi connectivity index (χ0) is 15.7. The lowest BCUT2D eigenvalue weighted by molar-refractivity contribution is -0.120. The van der Waals surface area contributed by atoms with E-state index in [0.717, 1.165) is 19.1 Å². The van der Waals surface area contributed by atoms with E-state index in [1.807, 2.05) is 0 Å². The fourth-order valence-electron chi connectivity index (χ4n) is 2.70. The summed E-state index contributed by atoms with van der Waals surface area (Å²) >= 11 is 0. The van der Waals surface area contributed by atoms with Crippen molar-refractivity contribution in [3.8, 4) is 0 Å². The molecule has 0 saturated carbocycles. The Hall–Kier alpha value is -2.00. The first-order valence-corrected chi connectivity index (χ1v) is 8.88. The number of rotatable bonds is 3. The molecule has 2 aromatic heterocycles. The Balaban J connectivity index is 1.85. The van der Waals surface area contributed by atoms with Crippen molar-refractivity contribution in [3.63, 3.8) is 0 Å². The molecule has 22 heavy (non-hydrogen) atoms. The first-order valence-electron chi connectivity index (χ1n) is 7.03. The molecule has 0 aromatic carbocycles. The summed E-state index contributed by atoms with van der Waals surface area (Å²) < 4.78 is 26.5. The van der Waals surface area contributed by atoms with E-state index in [4.69, 9.17) is 0 Å². The van der Waals surface area contributed by atoms with Gasteiger partial charge in [0.15, 0.2) is 5.65 Å². The summed E-state index contributed by atoms with van der Waals surface area (Å²) in [6.07, 6.45) is 6.42. The predicted octanol–water partition coefficient (Wildman–Crippen LogP) is 0.482.